The molecule has 2 atom stereocenters. The van der Waals surface area contributed by atoms with Crippen molar-refractivity contribution < 1.29 is 22.6 Å². The van der Waals surface area contributed by atoms with E-state index in [2.05, 4.69) is 17.0 Å². The predicted molar refractivity (Wildman–Crippen MR) is 57.9 cm³/mol. The first-order valence-corrected chi connectivity index (χ1v) is 6.02. The van der Waals surface area contributed by atoms with E-state index in [1.54, 1.807) is 0 Å². The number of hydrogen-bond acceptors (Lipinski definition) is 3. The van der Waals surface area contributed by atoms with E-state index in [0.29, 0.717) is 0 Å². The average Bonchev–Trinajstić information content (AvgIpc) is 2.64. The molecule has 0 aromatic rings. The quantitative estimate of drug-likeness (QED) is 0.707. The van der Waals surface area contributed by atoms with Crippen molar-refractivity contribution in [1.82, 2.24) is 5.32 Å². The molecule has 17 heavy (non-hydrogen) atoms. The summed E-state index contributed by atoms with van der Waals surface area (Å²) in [4.78, 5) is 0. The monoisotopic (exact) mass is 255 g/mol. The van der Waals surface area contributed by atoms with E-state index in [0.717, 1.165) is 32.4 Å². The third-order valence-corrected chi connectivity index (χ3v) is 2.56. The van der Waals surface area contributed by atoms with Gasteiger partial charge in [-0.3, -0.25) is 0 Å². The summed E-state index contributed by atoms with van der Waals surface area (Å²) in [7, 11) is 0. The standard InChI is InChI=1S/C11H20F3NO2/c1-2-5-15-6-9-3-4-10(17-9)7-16-8-11(12,13)14/h9-10,15H,2-8H2,1H3. The minimum Gasteiger partial charge on any atom is -0.371 e. The molecule has 3 nitrogen and oxygen atoms in total. The second-order valence-electron chi connectivity index (χ2n) is 4.29. The number of hydrogen-bond donors (Lipinski definition) is 1. The minimum absolute atomic E-state index is 0.0315. The topological polar surface area (TPSA) is 30.5 Å². The molecule has 0 radical (unpaired) electrons. The Balaban J connectivity index is 2.05. The molecule has 1 aliphatic heterocycles. The Bertz CT molecular complexity index is 211. The van der Waals surface area contributed by atoms with Gasteiger partial charge in [0.25, 0.3) is 0 Å². The molecule has 0 aliphatic carbocycles. The second-order valence-corrected chi connectivity index (χ2v) is 4.29. The van der Waals surface area contributed by atoms with Crippen molar-refractivity contribution in [1.29, 1.82) is 0 Å². The zero-order valence-electron chi connectivity index (χ0n) is 10.1. The maximum atomic E-state index is 11.8. The highest BCUT2D eigenvalue weighted by molar-refractivity contribution is 4.75. The van der Waals surface area contributed by atoms with Gasteiger partial charge >= 0.3 is 6.18 Å². The molecule has 0 aromatic heterocycles. The van der Waals surface area contributed by atoms with Crippen molar-refractivity contribution in [2.24, 2.45) is 0 Å². The summed E-state index contributed by atoms with van der Waals surface area (Å²) >= 11 is 0. The van der Waals surface area contributed by atoms with Crippen molar-refractivity contribution in [3.05, 3.63) is 0 Å². The maximum absolute atomic E-state index is 11.8. The molecule has 1 aliphatic rings. The molecular weight excluding hydrogens is 235 g/mol. The highest BCUT2D eigenvalue weighted by atomic mass is 19.4. The van der Waals surface area contributed by atoms with E-state index >= 15 is 0 Å². The zero-order valence-corrected chi connectivity index (χ0v) is 10.1. The van der Waals surface area contributed by atoms with Crippen LogP contribution in [0.3, 0.4) is 0 Å². The third-order valence-electron chi connectivity index (χ3n) is 2.56. The summed E-state index contributed by atoms with van der Waals surface area (Å²) in [6.07, 6.45) is -1.61. The van der Waals surface area contributed by atoms with E-state index < -0.39 is 12.8 Å². The van der Waals surface area contributed by atoms with Crippen LogP contribution in [0.15, 0.2) is 0 Å². The van der Waals surface area contributed by atoms with E-state index in [4.69, 9.17) is 4.74 Å². The lowest BCUT2D eigenvalue weighted by Gasteiger charge is -2.15. The summed E-state index contributed by atoms with van der Waals surface area (Å²) in [5.74, 6) is 0. The Morgan fingerprint density at radius 3 is 2.65 bits per heavy atom. The van der Waals surface area contributed by atoms with Crippen LogP contribution in [0, 0.1) is 0 Å². The molecule has 1 fully saturated rings. The van der Waals surface area contributed by atoms with Gasteiger partial charge in [0, 0.05) is 6.54 Å². The SMILES string of the molecule is CCCNCC1CCC(COCC(F)(F)F)O1. The summed E-state index contributed by atoms with van der Waals surface area (Å²) in [6.45, 7) is 2.63. The molecule has 1 rings (SSSR count). The van der Waals surface area contributed by atoms with E-state index in [-0.39, 0.29) is 18.8 Å². The number of alkyl halides is 3. The number of nitrogens with one attached hydrogen (secondary N) is 1. The Morgan fingerprint density at radius 2 is 2.00 bits per heavy atom. The van der Waals surface area contributed by atoms with Crippen LogP contribution in [0.25, 0.3) is 0 Å². The largest absolute Gasteiger partial charge is 0.411 e. The molecule has 1 N–H and O–H groups in total. The van der Waals surface area contributed by atoms with Gasteiger partial charge in [0.1, 0.15) is 6.61 Å². The molecule has 0 spiro atoms. The fourth-order valence-corrected chi connectivity index (χ4v) is 1.80. The van der Waals surface area contributed by atoms with E-state index in [1.807, 2.05) is 0 Å². The normalized spacial score (nSPS) is 25.4. The fraction of sp³-hybridized carbons (Fsp3) is 1.00. The molecular formula is C11H20F3NO2. The lowest BCUT2D eigenvalue weighted by atomic mass is 10.2. The molecule has 1 saturated heterocycles. The van der Waals surface area contributed by atoms with Crippen molar-refractivity contribution in [3.63, 3.8) is 0 Å². The second kappa shape index (κ2) is 7.18. The summed E-state index contributed by atoms with van der Waals surface area (Å²) in [5, 5.41) is 3.23. The van der Waals surface area contributed by atoms with Gasteiger partial charge in [-0.25, -0.2) is 0 Å². The van der Waals surface area contributed by atoms with Crippen LogP contribution in [0.5, 0.6) is 0 Å². The summed E-state index contributed by atoms with van der Waals surface area (Å²) in [5.41, 5.74) is 0. The first-order chi connectivity index (χ1) is 8.01. The third kappa shape index (κ3) is 6.85. The number of rotatable bonds is 7. The van der Waals surface area contributed by atoms with Crippen LogP contribution in [0.1, 0.15) is 26.2 Å². The number of halogens is 3. The highest BCUT2D eigenvalue weighted by Gasteiger charge is 2.30. The number of ether oxygens (including phenoxy) is 2. The van der Waals surface area contributed by atoms with Gasteiger partial charge < -0.3 is 14.8 Å². The predicted octanol–water partition coefficient (Wildman–Crippen LogP) is 2.11. The van der Waals surface area contributed by atoms with Crippen molar-refractivity contribution >= 4 is 0 Å². The van der Waals surface area contributed by atoms with Gasteiger partial charge in [0.05, 0.1) is 18.8 Å². The Labute approximate surface area is 99.7 Å². The van der Waals surface area contributed by atoms with Gasteiger partial charge in [-0.1, -0.05) is 6.92 Å². The highest BCUT2D eigenvalue weighted by Crippen LogP contribution is 2.21. The molecule has 2 unspecified atom stereocenters. The van der Waals surface area contributed by atoms with Crippen LogP contribution < -0.4 is 5.32 Å². The van der Waals surface area contributed by atoms with Crippen LogP contribution in [0.2, 0.25) is 0 Å². The first-order valence-electron chi connectivity index (χ1n) is 6.02. The van der Waals surface area contributed by atoms with Crippen LogP contribution in [-0.2, 0) is 9.47 Å². The Kier molecular flexibility index (Phi) is 6.22. The molecule has 0 amide bonds. The van der Waals surface area contributed by atoms with Gasteiger partial charge in [-0.15, -0.1) is 0 Å². The van der Waals surface area contributed by atoms with Crippen LogP contribution >= 0.6 is 0 Å². The van der Waals surface area contributed by atoms with Crippen molar-refractivity contribution in [3.8, 4) is 0 Å². The fourth-order valence-electron chi connectivity index (χ4n) is 1.80. The van der Waals surface area contributed by atoms with E-state index in [9.17, 15) is 13.2 Å². The zero-order chi connectivity index (χ0) is 12.7. The lowest BCUT2D eigenvalue weighted by molar-refractivity contribution is -0.180. The smallest absolute Gasteiger partial charge is 0.371 e. The molecule has 1 heterocycles. The van der Waals surface area contributed by atoms with Gasteiger partial charge in [0.2, 0.25) is 0 Å². The molecule has 0 aromatic carbocycles. The van der Waals surface area contributed by atoms with Gasteiger partial charge in [-0.05, 0) is 25.8 Å². The van der Waals surface area contributed by atoms with Crippen LogP contribution in [0.4, 0.5) is 13.2 Å². The lowest BCUT2D eigenvalue weighted by Crippen LogP contribution is -2.29. The van der Waals surface area contributed by atoms with Gasteiger partial charge in [0.15, 0.2) is 0 Å². The average molecular weight is 255 g/mol. The maximum Gasteiger partial charge on any atom is 0.411 e. The van der Waals surface area contributed by atoms with E-state index in [1.165, 1.54) is 0 Å². The summed E-state index contributed by atoms with van der Waals surface area (Å²) < 4.78 is 45.7. The first kappa shape index (κ1) is 14.7. The molecule has 0 bridgehead atoms. The minimum atomic E-state index is -4.25. The molecule has 6 heteroatoms. The molecule has 102 valence electrons. The molecule has 0 saturated carbocycles. The summed E-state index contributed by atoms with van der Waals surface area (Å²) in [6, 6.07) is 0. The Hall–Kier alpha value is -0.330. The van der Waals surface area contributed by atoms with Gasteiger partial charge in [-0.2, -0.15) is 13.2 Å². The van der Waals surface area contributed by atoms with Crippen molar-refractivity contribution in [2.75, 3.05) is 26.3 Å². The van der Waals surface area contributed by atoms with Crippen molar-refractivity contribution in [2.45, 2.75) is 44.6 Å². The Morgan fingerprint density at radius 1 is 1.29 bits per heavy atom. The van der Waals surface area contributed by atoms with Crippen LogP contribution in [-0.4, -0.2) is 44.7 Å².